The number of carbonyl (C=O) groups is 2. The van der Waals surface area contributed by atoms with Crippen molar-refractivity contribution < 1.29 is 19.1 Å². The van der Waals surface area contributed by atoms with E-state index in [1.165, 1.54) is 18.9 Å². The number of thioether (sulfide) groups is 1. The molecule has 1 unspecified atom stereocenters. The molecule has 33 heavy (non-hydrogen) atoms. The number of benzene rings is 3. The van der Waals surface area contributed by atoms with Gasteiger partial charge in [0.1, 0.15) is 11.5 Å². The third-order valence-electron chi connectivity index (χ3n) is 4.67. The fourth-order valence-corrected chi connectivity index (χ4v) is 3.92. The van der Waals surface area contributed by atoms with Crippen molar-refractivity contribution in [2.75, 3.05) is 24.4 Å². The van der Waals surface area contributed by atoms with Gasteiger partial charge in [-0.25, -0.2) is 0 Å². The predicted octanol–water partition coefficient (Wildman–Crippen LogP) is 5.79. The van der Waals surface area contributed by atoms with E-state index in [-0.39, 0.29) is 23.7 Å². The highest BCUT2D eigenvalue weighted by Gasteiger charge is 2.17. The number of rotatable bonds is 9. The predicted molar refractivity (Wildman–Crippen MR) is 134 cm³/mol. The van der Waals surface area contributed by atoms with Gasteiger partial charge in [-0.1, -0.05) is 29.8 Å². The molecular weight excluding hydrogens is 460 g/mol. The van der Waals surface area contributed by atoms with Gasteiger partial charge in [0.15, 0.2) is 6.61 Å². The summed E-state index contributed by atoms with van der Waals surface area (Å²) in [4.78, 5) is 25.7. The van der Waals surface area contributed by atoms with E-state index in [2.05, 4.69) is 10.6 Å². The Morgan fingerprint density at radius 2 is 1.73 bits per heavy atom. The summed E-state index contributed by atoms with van der Waals surface area (Å²) in [6.07, 6.45) is 0. The van der Waals surface area contributed by atoms with Crippen LogP contribution >= 0.6 is 23.4 Å². The van der Waals surface area contributed by atoms with Crippen molar-refractivity contribution in [2.45, 2.75) is 24.0 Å². The molecule has 3 rings (SSSR count). The van der Waals surface area contributed by atoms with E-state index in [9.17, 15) is 9.59 Å². The Hall–Kier alpha value is -3.16. The Morgan fingerprint density at radius 3 is 2.39 bits per heavy atom. The highest BCUT2D eigenvalue weighted by Crippen LogP contribution is 2.32. The molecule has 0 aliphatic heterocycles. The van der Waals surface area contributed by atoms with E-state index in [0.717, 1.165) is 10.5 Å². The summed E-state index contributed by atoms with van der Waals surface area (Å²) in [5.74, 6) is 0.736. The van der Waals surface area contributed by atoms with Crippen LogP contribution in [-0.2, 0) is 9.59 Å². The smallest absolute Gasteiger partial charge is 0.262 e. The molecule has 3 aromatic carbocycles. The van der Waals surface area contributed by atoms with Crippen LogP contribution in [0.5, 0.6) is 11.5 Å². The molecule has 1 atom stereocenters. The molecule has 0 aliphatic carbocycles. The third kappa shape index (κ3) is 7.17. The first-order valence-electron chi connectivity index (χ1n) is 10.2. The highest BCUT2D eigenvalue weighted by atomic mass is 35.5. The highest BCUT2D eigenvalue weighted by molar-refractivity contribution is 8.00. The fraction of sp³-hybridized carbons (Fsp3) is 0.200. The van der Waals surface area contributed by atoms with E-state index >= 15 is 0 Å². The minimum Gasteiger partial charge on any atom is -0.495 e. The maximum Gasteiger partial charge on any atom is 0.262 e. The normalized spacial score (nSPS) is 11.4. The molecule has 172 valence electrons. The number of ether oxygens (including phenoxy) is 2. The molecule has 8 heteroatoms. The van der Waals surface area contributed by atoms with Gasteiger partial charge in [-0.15, -0.1) is 11.8 Å². The zero-order valence-corrected chi connectivity index (χ0v) is 20.1. The number of carbonyl (C=O) groups excluding carboxylic acids is 2. The monoisotopic (exact) mass is 484 g/mol. The van der Waals surface area contributed by atoms with E-state index in [4.69, 9.17) is 21.1 Å². The van der Waals surface area contributed by atoms with Crippen molar-refractivity contribution in [3.05, 3.63) is 77.3 Å². The van der Waals surface area contributed by atoms with Crippen LogP contribution in [-0.4, -0.2) is 30.8 Å². The van der Waals surface area contributed by atoms with Crippen LogP contribution in [0, 0.1) is 6.92 Å². The van der Waals surface area contributed by atoms with Crippen LogP contribution < -0.4 is 20.1 Å². The van der Waals surface area contributed by atoms with Crippen LogP contribution in [0.15, 0.2) is 71.6 Å². The Morgan fingerprint density at radius 1 is 1.03 bits per heavy atom. The summed E-state index contributed by atoms with van der Waals surface area (Å²) in [7, 11) is 1.53. The van der Waals surface area contributed by atoms with Crippen LogP contribution in [0.25, 0.3) is 0 Å². The number of para-hydroxylation sites is 1. The molecule has 0 aliphatic rings. The number of nitrogens with one attached hydrogen (secondary N) is 2. The second kappa shape index (κ2) is 11.6. The molecular formula is C25H25ClN2O4S. The minimum absolute atomic E-state index is 0.0780. The zero-order valence-electron chi connectivity index (χ0n) is 18.6. The second-order valence-corrected chi connectivity index (χ2v) is 9.05. The first kappa shape index (κ1) is 24.5. The summed E-state index contributed by atoms with van der Waals surface area (Å²) in [6, 6.07) is 19.9. The van der Waals surface area contributed by atoms with E-state index in [0.29, 0.717) is 27.9 Å². The number of aryl methyl sites for hydroxylation is 1. The molecule has 2 N–H and O–H groups in total. The van der Waals surface area contributed by atoms with Gasteiger partial charge in [0, 0.05) is 21.7 Å². The van der Waals surface area contributed by atoms with Crippen molar-refractivity contribution in [3.63, 3.8) is 0 Å². The lowest BCUT2D eigenvalue weighted by Gasteiger charge is -2.15. The first-order valence-corrected chi connectivity index (χ1v) is 11.5. The van der Waals surface area contributed by atoms with Gasteiger partial charge in [-0.2, -0.15) is 0 Å². The maximum absolute atomic E-state index is 12.7. The number of hydrogen-bond acceptors (Lipinski definition) is 5. The quantitative estimate of drug-likeness (QED) is 0.376. The molecule has 0 aromatic heterocycles. The number of halogens is 1. The third-order valence-corrected chi connectivity index (χ3v) is 6.19. The standard InChI is InChI=1S/C25H25ClN2O4S/c1-16-13-22(23(31-3)14-21(16)26)28-25(30)17(2)33-20-11-9-18(10-12-20)27-24(29)15-32-19-7-5-4-6-8-19/h4-14,17H,15H2,1-3H3,(H,27,29)(H,28,30). The number of anilines is 2. The van der Waals surface area contributed by atoms with Gasteiger partial charge < -0.3 is 20.1 Å². The molecule has 0 saturated heterocycles. The summed E-state index contributed by atoms with van der Waals surface area (Å²) >= 11 is 7.54. The minimum atomic E-state index is -0.356. The number of amides is 2. The van der Waals surface area contributed by atoms with Crippen molar-refractivity contribution in [1.82, 2.24) is 0 Å². The van der Waals surface area contributed by atoms with Gasteiger partial charge in [-0.3, -0.25) is 9.59 Å². The van der Waals surface area contributed by atoms with Crippen LogP contribution in [0.1, 0.15) is 12.5 Å². The van der Waals surface area contributed by atoms with E-state index in [1.807, 2.05) is 44.2 Å². The van der Waals surface area contributed by atoms with Gasteiger partial charge in [0.05, 0.1) is 18.0 Å². The lowest BCUT2D eigenvalue weighted by molar-refractivity contribution is -0.118. The van der Waals surface area contributed by atoms with Crippen LogP contribution in [0.2, 0.25) is 5.02 Å². The second-order valence-electron chi connectivity index (χ2n) is 7.23. The van der Waals surface area contributed by atoms with Crippen LogP contribution in [0.4, 0.5) is 11.4 Å². The van der Waals surface area contributed by atoms with Crippen molar-refractivity contribution in [1.29, 1.82) is 0 Å². The number of hydrogen-bond donors (Lipinski definition) is 2. The van der Waals surface area contributed by atoms with Crippen LogP contribution in [0.3, 0.4) is 0 Å². The average Bonchev–Trinajstić information content (AvgIpc) is 2.81. The van der Waals surface area contributed by atoms with E-state index < -0.39 is 0 Å². The number of methoxy groups -OCH3 is 1. The lowest BCUT2D eigenvalue weighted by atomic mass is 10.2. The Bertz CT molecular complexity index is 1110. The molecule has 0 saturated carbocycles. The van der Waals surface area contributed by atoms with Crippen molar-refractivity contribution in [3.8, 4) is 11.5 Å². The lowest BCUT2D eigenvalue weighted by Crippen LogP contribution is -2.22. The molecule has 6 nitrogen and oxygen atoms in total. The average molecular weight is 485 g/mol. The SMILES string of the molecule is COc1cc(Cl)c(C)cc1NC(=O)C(C)Sc1ccc(NC(=O)COc2ccccc2)cc1. The topological polar surface area (TPSA) is 76.7 Å². The largest absolute Gasteiger partial charge is 0.495 e. The Labute approximate surface area is 202 Å². The summed E-state index contributed by atoms with van der Waals surface area (Å²) < 4.78 is 10.8. The molecule has 0 spiro atoms. The Kier molecular flexibility index (Phi) is 8.63. The van der Waals surface area contributed by atoms with E-state index in [1.54, 1.807) is 36.4 Å². The molecule has 3 aromatic rings. The summed E-state index contributed by atoms with van der Waals surface area (Å²) in [5, 5.41) is 5.91. The van der Waals surface area contributed by atoms with Crippen molar-refractivity contribution >= 4 is 46.6 Å². The van der Waals surface area contributed by atoms with Crippen molar-refractivity contribution in [2.24, 2.45) is 0 Å². The van der Waals surface area contributed by atoms with Gasteiger partial charge in [0.25, 0.3) is 5.91 Å². The molecule has 0 heterocycles. The molecule has 0 bridgehead atoms. The molecule has 0 fully saturated rings. The first-order chi connectivity index (χ1) is 15.9. The van der Waals surface area contributed by atoms with Gasteiger partial charge in [-0.05, 0) is 61.9 Å². The molecule has 2 amide bonds. The molecule has 0 radical (unpaired) electrons. The summed E-state index contributed by atoms with van der Waals surface area (Å²) in [5.41, 5.74) is 2.08. The van der Waals surface area contributed by atoms with Gasteiger partial charge >= 0.3 is 0 Å². The van der Waals surface area contributed by atoms with Gasteiger partial charge in [0.2, 0.25) is 5.91 Å². The maximum atomic E-state index is 12.7. The zero-order chi connectivity index (χ0) is 23.8. The fourth-order valence-electron chi connectivity index (χ4n) is 2.90. The Balaban J connectivity index is 1.52. The summed E-state index contributed by atoms with van der Waals surface area (Å²) in [6.45, 7) is 3.61.